The maximum atomic E-state index is 11.3. The third-order valence-electron chi connectivity index (χ3n) is 3.60. The first kappa shape index (κ1) is 12.8. The molecule has 1 aliphatic carbocycles. The van der Waals surface area contributed by atoms with Gasteiger partial charge in [0.25, 0.3) is 0 Å². The summed E-state index contributed by atoms with van der Waals surface area (Å²) in [4.78, 5) is 15.7. The van der Waals surface area contributed by atoms with Crippen molar-refractivity contribution in [2.75, 3.05) is 0 Å². The Kier molecular flexibility index (Phi) is 3.50. The number of ether oxygens (including phenoxy) is 1. The Morgan fingerprint density at radius 2 is 2.10 bits per heavy atom. The molecule has 0 aliphatic heterocycles. The van der Waals surface area contributed by atoms with Crippen molar-refractivity contribution in [3.05, 3.63) is 48.0 Å². The van der Waals surface area contributed by atoms with Gasteiger partial charge in [0.2, 0.25) is 6.23 Å². The van der Waals surface area contributed by atoms with Crippen molar-refractivity contribution in [3.63, 3.8) is 0 Å². The van der Waals surface area contributed by atoms with Crippen LogP contribution in [-0.2, 0) is 9.53 Å². The van der Waals surface area contributed by atoms with Crippen molar-refractivity contribution in [2.24, 2.45) is 0 Å². The van der Waals surface area contributed by atoms with Crippen molar-refractivity contribution in [1.29, 1.82) is 0 Å². The summed E-state index contributed by atoms with van der Waals surface area (Å²) in [5.74, 6) is 0.980. The Hall–Kier alpha value is -2.17. The minimum absolute atomic E-state index is 0.334. The van der Waals surface area contributed by atoms with Gasteiger partial charge in [0.1, 0.15) is 6.33 Å². The highest BCUT2D eigenvalue weighted by Gasteiger charge is 2.25. The second-order valence-corrected chi connectivity index (χ2v) is 5.08. The van der Waals surface area contributed by atoms with E-state index in [1.54, 1.807) is 11.0 Å². The van der Waals surface area contributed by atoms with E-state index in [0.29, 0.717) is 5.92 Å². The molecule has 104 valence electrons. The van der Waals surface area contributed by atoms with Gasteiger partial charge in [-0.1, -0.05) is 36.8 Å². The standard InChI is InChI=1S/C15H17N3O2/c1-11(19)20-15(13-6-3-2-4-7-13)18-10-16-14(17-18)12-8-5-9-12/h2-4,6-7,10,12,15H,5,8-9H2,1H3. The Labute approximate surface area is 117 Å². The van der Waals surface area contributed by atoms with E-state index in [0.717, 1.165) is 24.2 Å². The monoisotopic (exact) mass is 271 g/mol. The Bertz CT molecular complexity index is 590. The van der Waals surface area contributed by atoms with E-state index in [1.165, 1.54) is 13.3 Å². The second-order valence-electron chi connectivity index (χ2n) is 5.08. The molecule has 1 fully saturated rings. The molecule has 3 rings (SSSR count). The van der Waals surface area contributed by atoms with Gasteiger partial charge in [-0.3, -0.25) is 4.79 Å². The summed E-state index contributed by atoms with van der Waals surface area (Å²) in [7, 11) is 0. The molecule has 5 nitrogen and oxygen atoms in total. The van der Waals surface area contributed by atoms with Gasteiger partial charge in [-0.2, -0.15) is 5.10 Å². The lowest BCUT2D eigenvalue weighted by Gasteiger charge is -2.22. The molecule has 1 aromatic carbocycles. The zero-order valence-corrected chi connectivity index (χ0v) is 11.4. The molecule has 0 bridgehead atoms. The number of aromatic nitrogens is 3. The van der Waals surface area contributed by atoms with Crippen LogP contribution in [0.2, 0.25) is 0 Å². The van der Waals surface area contributed by atoms with Gasteiger partial charge in [0.15, 0.2) is 5.82 Å². The number of carbonyl (C=O) groups is 1. The largest absolute Gasteiger partial charge is 0.435 e. The maximum absolute atomic E-state index is 11.3. The topological polar surface area (TPSA) is 57.0 Å². The lowest BCUT2D eigenvalue weighted by molar-refractivity contribution is -0.148. The predicted octanol–water partition coefficient (Wildman–Crippen LogP) is 2.66. The van der Waals surface area contributed by atoms with Crippen LogP contribution >= 0.6 is 0 Å². The number of hydrogen-bond donors (Lipinski definition) is 0. The van der Waals surface area contributed by atoms with Gasteiger partial charge >= 0.3 is 5.97 Å². The van der Waals surface area contributed by atoms with E-state index < -0.39 is 6.23 Å². The lowest BCUT2D eigenvalue weighted by Crippen LogP contribution is -2.18. The molecule has 0 amide bonds. The number of carbonyl (C=O) groups excluding carboxylic acids is 1. The average molecular weight is 271 g/mol. The summed E-state index contributed by atoms with van der Waals surface area (Å²) in [6.07, 6.45) is 4.63. The highest BCUT2D eigenvalue weighted by molar-refractivity contribution is 5.66. The zero-order chi connectivity index (χ0) is 13.9. The highest BCUT2D eigenvalue weighted by Crippen LogP contribution is 2.34. The fourth-order valence-electron chi connectivity index (χ4n) is 2.30. The summed E-state index contributed by atoms with van der Waals surface area (Å²) in [5, 5.41) is 4.49. The van der Waals surface area contributed by atoms with Crippen LogP contribution in [0.3, 0.4) is 0 Å². The molecule has 0 saturated heterocycles. The van der Waals surface area contributed by atoms with E-state index in [2.05, 4.69) is 10.1 Å². The van der Waals surface area contributed by atoms with Crippen LogP contribution in [0, 0.1) is 0 Å². The Balaban J connectivity index is 1.88. The maximum Gasteiger partial charge on any atom is 0.304 e. The van der Waals surface area contributed by atoms with E-state index in [4.69, 9.17) is 4.74 Å². The van der Waals surface area contributed by atoms with Gasteiger partial charge in [-0.25, -0.2) is 9.67 Å². The highest BCUT2D eigenvalue weighted by atomic mass is 16.6. The van der Waals surface area contributed by atoms with Crippen LogP contribution in [0.15, 0.2) is 36.7 Å². The summed E-state index contributed by atoms with van der Waals surface area (Å²) in [6, 6.07) is 9.58. The van der Waals surface area contributed by atoms with Gasteiger partial charge in [-0.05, 0) is 12.8 Å². The molecule has 1 atom stereocenters. The first-order valence-electron chi connectivity index (χ1n) is 6.87. The summed E-state index contributed by atoms with van der Waals surface area (Å²) in [5.41, 5.74) is 0.882. The van der Waals surface area contributed by atoms with Crippen LogP contribution in [0.1, 0.15) is 49.7 Å². The molecular weight excluding hydrogens is 254 g/mol. The predicted molar refractivity (Wildman–Crippen MR) is 73.0 cm³/mol. The third-order valence-corrected chi connectivity index (χ3v) is 3.60. The molecular formula is C15H17N3O2. The van der Waals surface area contributed by atoms with Crippen molar-refractivity contribution in [2.45, 2.75) is 38.3 Å². The van der Waals surface area contributed by atoms with Gasteiger partial charge < -0.3 is 4.74 Å². The fourth-order valence-corrected chi connectivity index (χ4v) is 2.30. The smallest absolute Gasteiger partial charge is 0.304 e. The van der Waals surface area contributed by atoms with Gasteiger partial charge in [0.05, 0.1) is 0 Å². The van der Waals surface area contributed by atoms with E-state index in [-0.39, 0.29) is 5.97 Å². The Morgan fingerprint density at radius 1 is 1.35 bits per heavy atom. The molecule has 1 saturated carbocycles. The number of benzene rings is 1. The van der Waals surface area contributed by atoms with Crippen LogP contribution in [0.5, 0.6) is 0 Å². The number of nitrogens with zero attached hydrogens (tertiary/aromatic N) is 3. The summed E-state index contributed by atoms with van der Waals surface area (Å²) >= 11 is 0. The van der Waals surface area contributed by atoms with Crippen molar-refractivity contribution in [1.82, 2.24) is 14.8 Å². The lowest BCUT2D eigenvalue weighted by atomic mass is 9.85. The zero-order valence-electron chi connectivity index (χ0n) is 11.4. The van der Waals surface area contributed by atoms with Crippen molar-refractivity contribution >= 4 is 5.97 Å². The Morgan fingerprint density at radius 3 is 2.70 bits per heavy atom. The van der Waals surface area contributed by atoms with Crippen LogP contribution < -0.4 is 0 Å². The molecule has 20 heavy (non-hydrogen) atoms. The van der Waals surface area contributed by atoms with E-state index >= 15 is 0 Å². The third kappa shape index (κ3) is 2.57. The fraction of sp³-hybridized carbons (Fsp3) is 0.400. The van der Waals surface area contributed by atoms with Crippen molar-refractivity contribution in [3.8, 4) is 0 Å². The molecule has 1 aromatic heterocycles. The molecule has 5 heteroatoms. The molecule has 0 radical (unpaired) electrons. The molecule has 0 spiro atoms. The first-order valence-corrected chi connectivity index (χ1v) is 6.87. The SMILES string of the molecule is CC(=O)OC(c1ccccc1)n1cnc(C2CCC2)n1. The minimum atomic E-state index is -0.546. The van der Waals surface area contributed by atoms with Crippen LogP contribution in [0.25, 0.3) is 0 Å². The average Bonchev–Trinajstić information content (AvgIpc) is 2.84. The quantitative estimate of drug-likeness (QED) is 0.802. The number of rotatable bonds is 4. The van der Waals surface area contributed by atoms with E-state index in [9.17, 15) is 4.79 Å². The molecule has 1 heterocycles. The number of hydrogen-bond acceptors (Lipinski definition) is 4. The minimum Gasteiger partial charge on any atom is -0.435 e. The summed E-state index contributed by atoms with van der Waals surface area (Å²) < 4.78 is 7.02. The molecule has 0 N–H and O–H groups in total. The second kappa shape index (κ2) is 5.45. The normalized spacial score (nSPS) is 16.4. The first-order chi connectivity index (χ1) is 9.74. The summed E-state index contributed by atoms with van der Waals surface area (Å²) in [6.45, 7) is 1.40. The number of esters is 1. The van der Waals surface area contributed by atoms with Gasteiger partial charge in [-0.15, -0.1) is 0 Å². The molecule has 1 unspecified atom stereocenters. The van der Waals surface area contributed by atoms with E-state index in [1.807, 2.05) is 30.3 Å². The van der Waals surface area contributed by atoms with Crippen molar-refractivity contribution < 1.29 is 9.53 Å². The molecule has 2 aromatic rings. The van der Waals surface area contributed by atoms with Crippen LogP contribution in [0.4, 0.5) is 0 Å². The molecule has 1 aliphatic rings. The van der Waals surface area contributed by atoms with Gasteiger partial charge in [0, 0.05) is 18.4 Å². The van der Waals surface area contributed by atoms with Crippen LogP contribution in [-0.4, -0.2) is 20.7 Å².